The van der Waals surface area contributed by atoms with Crippen molar-refractivity contribution < 1.29 is 9.66 Å². The first-order valence-electron chi connectivity index (χ1n) is 7.57. The van der Waals surface area contributed by atoms with Crippen molar-refractivity contribution >= 4 is 5.69 Å². The first-order valence-corrected chi connectivity index (χ1v) is 7.57. The van der Waals surface area contributed by atoms with E-state index >= 15 is 0 Å². The topological polar surface area (TPSA) is 55.6 Å². The molecule has 5 heteroatoms. The highest BCUT2D eigenvalue weighted by atomic mass is 16.6. The van der Waals surface area contributed by atoms with E-state index in [1.165, 1.54) is 17.2 Å². The largest absolute Gasteiger partial charge is 0.492 e. The van der Waals surface area contributed by atoms with Crippen molar-refractivity contribution in [3.8, 4) is 5.75 Å². The van der Waals surface area contributed by atoms with E-state index in [2.05, 4.69) is 6.07 Å². The molecule has 0 radical (unpaired) electrons. The monoisotopic (exact) mass is 314 g/mol. The van der Waals surface area contributed by atoms with Gasteiger partial charge in [0.05, 0.1) is 4.92 Å². The molecule has 0 bridgehead atoms. The fourth-order valence-corrected chi connectivity index (χ4v) is 2.53. The van der Waals surface area contributed by atoms with Crippen molar-refractivity contribution in [3.05, 3.63) is 69.3 Å². The van der Waals surface area contributed by atoms with Gasteiger partial charge in [0.15, 0.2) is 0 Å². The summed E-state index contributed by atoms with van der Waals surface area (Å²) in [4.78, 5) is 12.7. The summed E-state index contributed by atoms with van der Waals surface area (Å²) in [5.41, 5.74) is 3.22. The van der Waals surface area contributed by atoms with E-state index in [4.69, 9.17) is 4.74 Å². The van der Waals surface area contributed by atoms with Crippen molar-refractivity contribution in [2.75, 3.05) is 20.2 Å². The molecule has 0 aromatic heterocycles. The highest BCUT2D eigenvalue weighted by Gasteiger charge is 2.13. The van der Waals surface area contributed by atoms with Crippen LogP contribution >= 0.6 is 0 Å². The fraction of sp³-hybridized carbons (Fsp3) is 0.333. The molecule has 0 spiro atoms. The lowest BCUT2D eigenvalue weighted by atomic mass is 10.1. The molecule has 2 aromatic rings. The van der Waals surface area contributed by atoms with E-state index in [1.807, 2.05) is 44.0 Å². The van der Waals surface area contributed by atoms with Crippen LogP contribution in [0.3, 0.4) is 0 Å². The highest BCUT2D eigenvalue weighted by Crippen LogP contribution is 2.19. The second-order valence-corrected chi connectivity index (χ2v) is 5.80. The third kappa shape index (κ3) is 5.07. The summed E-state index contributed by atoms with van der Waals surface area (Å²) in [5.74, 6) is 0.863. The van der Waals surface area contributed by atoms with E-state index in [-0.39, 0.29) is 10.6 Å². The van der Waals surface area contributed by atoms with E-state index in [0.29, 0.717) is 25.3 Å². The second kappa shape index (κ2) is 7.74. The van der Waals surface area contributed by atoms with Gasteiger partial charge in [-0.15, -0.1) is 0 Å². The average Bonchev–Trinajstić information content (AvgIpc) is 2.46. The quantitative estimate of drug-likeness (QED) is 0.577. The van der Waals surface area contributed by atoms with Crippen LogP contribution in [-0.4, -0.2) is 30.0 Å². The van der Waals surface area contributed by atoms with Crippen molar-refractivity contribution in [2.24, 2.45) is 0 Å². The predicted octanol–water partition coefficient (Wildman–Crippen LogP) is 3.72. The molecule has 2 rings (SSSR count). The summed E-state index contributed by atoms with van der Waals surface area (Å²) in [6, 6.07) is 13.0. The van der Waals surface area contributed by atoms with Crippen molar-refractivity contribution in [1.29, 1.82) is 0 Å². The van der Waals surface area contributed by atoms with Gasteiger partial charge in [0.25, 0.3) is 5.69 Å². The summed E-state index contributed by atoms with van der Waals surface area (Å²) in [7, 11) is 1.93. The lowest BCUT2D eigenvalue weighted by Crippen LogP contribution is -2.24. The summed E-state index contributed by atoms with van der Waals surface area (Å²) in [6.07, 6.45) is 0. The molecule has 0 aliphatic carbocycles. The first kappa shape index (κ1) is 17.0. The zero-order valence-electron chi connectivity index (χ0n) is 13.8. The Kier molecular flexibility index (Phi) is 5.71. The minimum absolute atomic E-state index is 0.162. The maximum Gasteiger partial charge on any atom is 0.273 e. The van der Waals surface area contributed by atoms with Crippen LogP contribution in [0.5, 0.6) is 5.75 Å². The van der Waals surface area contributed by atoms with Gasteiger partial charge in [0.1, 0.15) is 12.4 Å². The Morgan fingerprint density at radius 1 is 1.13 bits per heavy atom. The molecule has 122 valence electrons. The molecule has 2 aromatic carbocycles. The molecular formula is C18H22N2O3. The van der Waals surface area contributed by atoms with Gasteiger partial charge in [-0.3, -0.25) is 15.0 Å². The molecule has 0 heterocycles. The number of nitro groups is 1. The number of rotatable bonds is 7. The van der Waals surface area contributed by atoms with E-state index in [9.17, 15) is 10.1 Å². The minimum Gasteiger partial charge on any atom is -0.492 e. The van der Waals surface area contributed by atoms with E-state index in [1.54, 1.807) is 12.1 Å². The normalized spacial score (nSPS) is 10.8. The van der Waals surface area contributed by atoms with Crippen LogP contribution < -0.4 is 4.74 Å². The molecule has 0 saturated carbocycles. The Bertz CT molecular complexity index is 665. The maximum atomic E-state index is 11.0. The van der Waals surface area contributed by atoms with Crippen LogP contribution in [0.1, 0.15) is 16.7 Å². The van der Waals surface area contributed by atoms with Gasteiger partial charge in [0.2, 0.25) is 0 Å². The SMILES string of the molecule is Cc1cc(C)cc(OCCN(C)Cc2ccccc2[N+](=O)[O-])c1. The van der Waals surface area contributed by atoms with Gasteiger partial charge in [-0.05, 0) is 44.2 Å². The van der Waals surface area contributed by atoms with Crippen LogP contribution in [0.25, 0.3) is 0 Å². The Morgan fingerprint density at radius 3 is 2.43 bits per heavy atom. The Labute approximate surface area is 136 Å². The Hall–Kier alpha value is -2.40. The van der Waals surface area contributed by atoms with Crippen molar-refractivity contribution in [1.82, 2.24) is 4.90 Å². The second-order valence-electron chi connectivity index (χ2n) is 5.80. The zero-order chi connectivity index (χ0) is 16.8. The number of para-hydroxylation sites is 1. The lowest BCUT2D eigenvalue weighted by molar-refractivity contribution is -0.385. The third-order valence-corrected chi connectivity index (χ3v) is 3.57. The summed E-state index contributed by atoms with van der Waals surface area (Å²) in [5, 5.41) is 11.0. The summed E-state index contributed by atoms with van der Waals surface area (Å²) in [6.45, 7) is 5.84. The third-order valence-electron chi connectivity index (χ3n) is 3.57. The summed E-state index contributed by atoms with van der Waals surface area (Å²) >= 11 is 0. The first-order chi connectivity index (χ1) is 11.0. The molecule has 0 atom stereocenters. The van der Waals surface area contributed by atoms with Crippen molar-refractivity contribution in [2.45, 2.75) is 20.4 Å². The highest BCUT2D eigenvalue weighted by molar-refractivity contribution is 5.39. The molecule has 0 aliphatic rings. The number of aryl methyl sites for hydroxylation is 2. The lowest BCUT2D eigenvalue weighted by Gasteiger charge is -2.17. The van der Waals surface area contributed by atoms with Gasteiger partial charge in [0, 0.05) is 24.7 Å². The minimum atomic E-state index is -0.338. The smallest absolute Gasteiger partial charge is 0.273 e. The number of hydrogen-bond acceptors (Lipinski definition) is 4. The van der Waals surface area contributed by atoms with Gasteiger partial charge in [-0.1, -0.05) is 24.3 Å². The van der Waals surface area contributed by atoms with Gasteiger partial charge in [-0.2, -0.15) is 0 Å². The maximum absolute atomic E-state index is 11.0. The van der Waals surface area contributed by atoms with Crippen LogP contribution in [0.2, 0.25) is 0 Å². The fourth-order valence-electron chi connectivity index (χ4n) is 2.53. The molecule has 0 saturated heterocycles. The molecule has 23 heavy (non-hydrogen) atoms. The molecule has 0 fully saturated rings. The van der Waals surface area contributed by atoms with Crippen LogP contribution in [0.15, 0.2) is 42.5 Å². The van der Waals surface area contributed by atoms with Crippen molar-refractivity contribution in [3.63, 3.8) is 0 Å². The number of benzene rings is 2. The number of nitrogens with zero attached hydrogens (tertiary/aromatic N) is 2. The van der Waals surface area contributed by atoms with E-state index < -0.39 is 0 Å². The zero-order valence-corrected chi connectivity index (χ0v) is 13.8. The van der Waals surface area contributed by atoms with Gasteiger partial charge in [-0.25, -0.2) is 0 Å². The summed E-state index contributed by atoms with van der Waals surface area (Å²) < 4.78 is 5.78. The van der Waals surface area contributed by atoms with E-state index in [0.717, 1.165) is 5.75 Å². The number of likely N-dealkylation sites (N-methyl/N-ethyl adjacent to an activating group) is 1. The molecule has 0 unspecified atom stereocenters. The van der Waals surface area contributed by atoms with Crippen LogP contribution in [-0.2, 0) is 6.54 Å². The molecule has 0 aliphatic heterocycles. The van der Waals surface area contributed by atoms with Gasteiger partial charge >= 0.3 is 0 Å². The Balaban J connectivity index is 1.88. The van der Waals surface area contributed by atoms with Crippen LogP contribution in [0, 0.1) is 24.0 Å². The average molecular weight is 314 g/mol. The van der Waals surface area contributed by atoms with Crippen LogP contribution in [0.4, 0.5) is 5.69 Å². The van der Waals surface area contributed by atoms with Gasteiger partial charge < -0.3 is 4.74 Å². The molecule has 0 N–H and O–H groups in total. The standard InChI is InChI=1S/C18H22N2O3/c1-14-10-15(2)12-17(11-14)23-9-8-19(3)13-16-6-4-5-7-18(16)20(21)22/h4-7,10-12H,8-9,13H2,1-3H3. The number of ether oxygens (including phenoxy) is 1. The number of hydrogen-bond donors (Lipinski definition) is 0. The Morgan fingerprint density at radius 2 is 1.78 bits per heavy atom. The number of nitro benzene ring substituents is 1. The molecule has 0 amide bonds. The molecular weight excluding hydrogens is 292 g/mol. The molecule has 5 nitrogen and oxygen atoms in total. The predicted molar refractivity (Wildman–Crippen MR) is 90.8 cm³/mol.